The fourth-order valence-electron chi connectivity index (χ4n) is 9.91. The van der Waals surface area contributed by atoms with Crippen molar-refractivity contribution in [1.29, 1.82) is 0 Å². The van der Waals surface area contributed by atoms with Crippen molar-refractivity contribution in [3.8, 4) is 28.1 Å². The number of carbonyl (C=O) groups excluding carboxylic acids is 4. The van der Waals surface area contributed by atoms with E-state index in [9.17, 15) is 19.2 Å². The van der Waals surface area contributed by atoms with Crippen molar-refractivity contribution in [2.75, 3.05) is 27.4 Å². The molecule has 16 heteroatoms. The molecule has 0 spiro atoms. The zero-order valence-electron chi connectivity index (χ0n) is 38.7. The van der Waals surface area contributed by atoms with Crippen molar-refractivity contribution in [2.24, 2.45) is 11.3 Å². The van der Waals surface area contributed by atoms with Gasteiger partial charge in [0.15, 0.2) is 0 Å². The lowest BCUT2D eigenvalue weighted by molar-refractivity contribution is -0.142. The number of H-pyrrole nitrogens is 2. The molecular formula is C49H62N8O8. The molecule has 5 aromatic rings. The lowest BCUT2D eigenvalue weighted by Gasteiger charge is -2.42. The molecule has 5 atom stereocenters. The molecule has 3 aliphatic heterocycles. The highest BCUT2D eigenvalue weighted by Gasteiger charge is 2.45. The van der Waals surface area contributed by atoms with E-state index in [2.05, 4.69) is 63.9 Å². The molecule has 2 saturated heterocycles. The van der Waals surface area contributed by atoms with E-state index >= 15 is 0 Å². The molecule has 4 N–H and O–H groups in total. The molecule has 0 saturated carbocycles. The number of ether oxygens (including phenoxy) is 4. The largest absolute Gasteiger partial charge is 0.488 e. The Kier molecular flexibility index (Phi) is 13.1. The van der Waals surface area contributed by atoms with E-state index in [1.807, 2.05) is 56.7 Å². The number of rotatable bonds is 13. The number of alkyl carbamates (subject to hydrolysis) is 2. The Morgan fingerprint density at radius 1 is 0.969 bits per heavy atom. The minimum absolute atomic E-state index is 0.0206. The summed E-state index contributed by atoms with van der Waals surface area (Å²) in [5.74, 6) is 1.65. The van der Waals surface area contributed by atoms with Gasteiger partial charge < -0.3 is 49.3 Å². The standard InChI is InChI=1S/C49H62N8O8/c1-9-10-28(4)56(46(59)43(55-48(61)63-8)49(6)17-19-64-20-18-49)25-40-51-36-15-13-30-22-35-33-14-12-31(21-32(33)26-65-39(35)23-34(30)42(36)53-40)37-24-50-44(52-37)38-16-11-29(5)57(38)45(58)41(27(2)3)54-47(60)62-7/h12-15,21-24,27-29,38,41,43H,9-11,16-20,25-26H2,1-8H3,(H,50,52)(H,51,53)(H,54,60)(H,55,61)/t28-,29-,38-,41-,43+/m0/s1. The molecule has 5 heterocycles. The second-order valence-electron chi connectivity index (χ2n) is 18.5. The van der Waals surface area contributed by atoms with E-state index in [4.69, 9.17) is 28.9 Å². The average Bonchev–Trinajstić information content (AvgIpc) is 4.06. The van der Waals surface area contributed by atoms with Crippen molar-refractivity contribution in [3.63, 3.8) is 0 Å². The van der Waals surface area contributed by atoms with Crippen LogP contribution in [0.3, 0.4) is 0 Å². The number of amides is 4. The summed E-state index contributed by atoms with van der Waals surface area (Å²) in [5.41, 5.74) is 6.00. The van der Waals surface area contributed by atoms with Gasteiger partial charge in [0.25, 0.3) is 0 Å². The number of hydrogen-bond acceptors (Lipinski definition) is 10. The van der Waals surface area contributed by atoms with Gasteiger partial charge in [-0.2, -0.15) is 0 Å². The molecule has 16 nitrogen and oxygen atoms in total. The Labute approximate surface area is 379 Å². The van der Waals surface area contributed by atoms with Crippen LogP contribution in [0.4, 0.5) is 9.59 Å². The lowest BCUT2D eigenvalue weighted by Crippen LogP contribution is -2.59. The zero-order chi connectivity index (χ0) is 46.2. The fraction of sp³-hybridized carbons (Fsp3) is 0.510. The Hall–Kier alpha value is -6.16. The van der Waals surface area contributed by atoms with Crippen molar-refractivity contribution >= 4 is 45.8 Å². The molecule has 4 amide bonds. The maximum Gasteiger partial charge on any atom is 0.407 e. The number of nitrogens with zero attached hydrogens (tertiary/aromatic N) is 4. The number of hydrogen-bond donors (Lipinski definition) is 4. The van der Waals surface area contributed by atoms with Crippen molar-refractivity contribution in [1.82, 2.24) is 40.4 Å². The minimum atomic E-state index is -0.797. The number of nitrogens with one attached hydrogen (secondary N) is 4. The van der Waals surface area contributed by atoms with Gasteiger partial charge in [0.2, 0.25) is 11.8 Å². The van der Waals surface area contributed by atoms with Crippen molar-refractivity contribution in [2.45, 2.75) is 123 Å². The first-order valence-corrected chi connectivity index (χ1v) is 22.9. The Bertz CT molecular complexity index is 2580. The van der Waals surface area contributed by atoms with Gasteiger partial charge in [-0.05, 0) is 98.2 Å². The normalized spacial score (nSPS) is 19.2. The molecule has 346 valence electrons. The summed E-state index contributed by atoms with van der Waals surface area (Å²) in [4.78, 5) is 73.8. The number of aromatic amines is 2. The first-order valence-electron chi connectivity index (χ1n) is 22.9. The third kappa shape index (κ3) is 8.96. The van der Waals surface area contributed by atoms with Gasteiger partial charge >= 0.3 is 12.2 Å². The second-order valence-corrected chi connectivity index (χ2v) is 18.5. The molecule has 0 unspecified atom stereocenters. The topological polar surface area (TPSA) is 193 Å². The van der Waals surface area contributed by atoms with Crippen LogP contribution in [0, 0.1) is 11.3 Å². The molecule has 0 bridgehead atoms. The first kappa shape index (κ1) is 45.4. The van der Waals surface area contributed by atoms with Gasteiger partial charge in [-0.25, -0.2) is 19.6 Å². The molecule has 8 rings (SSSR count). The van der Waals surface area contributed by atoms with E-state index < -0.39 is 29.7 Å². The highest BCUT2D eigenvalue weighted by Crippen LogP contribution is 2.43. The summed E-state index contributed by atoms with van der Waals surface area (Å²) in [7, 11) is 2.60. The number of benzene rings is 3. The van der Waals surface area contributed by atoms with Crippen molar-refractivity contribution in [3.05, 3.63) is 65.9 Å². The van der Waals surface area contributed by atoms with Crippen molar-refractivity contribution < 1.29 is 38.1 Å². The number of carbonyl (C=O) groups is 4. The second kappa shape index (κ2) is 18.7. The maximum atomic E-state index is 14.6. The summed E-state index contributed by atoms with van der Waals surface area (Å²) in [6, 6.07) is 12.7. The van der Waals surface area contributed by atoms with Gasteiger partial charge in [0, 0.05) is 41.7 Å². The molecule has 2 aromatic heterocycles. The number of aromatic nitrogens is 4. The smallest absolute Gasteiger partial charge is 0.407 e. The van der Waals surface area contributed by atoms with Crippen LogP contribution in [-0.2, 0) is 37.0 Å². The molecule has 0 aliphatic carbocycles. The fourth-order valence-corrected chi connectivity index (χ4v) is 9.91. The average molecular weight is 891 g/mol. The molecule has 0 radical (unpaired) electrons. The van der Waals surface area contributed by atoms with Gasteiger partial charge in [-0.3, -0.25) is 9.59 Å². The predicted octanol–water partition coefficient (Wildman–Crippen LogP) is 8.16. The third-order valence-electron chi connectivity index (χ3n) is 13.8. The first-order chi connectivity index (χ1) is 31.2. The summed E-state index contributed by atoms with van der Waals surface area (Å²) in [6.45, 7) is 13.7. The number of fused-ring (bicyclic) bond motifs is 6. The Morgan fingerprint density at radius 3 is 2.45 bits per heavy atom. The molecular weight excluding hydrogens is 829 g/mol. The van der Waals surface area contributed by atoms with Crippen LogP contribution in [0.25, 0.3) is 44.2 Å². The monoisotopic (exact) mass is 890 g/mol. The van der Waals surface area contributed by atoms with Crippen LogP contribution in [0.2, 0.25) is 0 Å². The van der Waals surface area contributed by atoms with E-state index in [0.29, 0.717) is 44.3 Å². The van der Waals surface area contributed by atoms with Gasteiger partial charge in [0.1, 0.15) is 36.1 Å². The molecule has 65 heavy (non-hydrogen) atoms. The van der Waals surface area contributed by atoms with Crippen LogP contribution in [-0.4, -0.2) is 105 Å². The molecule has 2 fully saturated rings. The molecule has 3 aliphatic rings. The number of imidazole rings is 2. The van der Waals surface area contributed by atoms with Crippen LogP contribution < -0.4 is 15.4 Å². The van der Waals surface area contributed by atoms with Gasteiger partial charge in [-0.15, -0.1) is 0 Å². The van der Waals surface area contributed by atoms with Crippen LogP contribution in [0.15, 0.2) is 48.7 Å². The summed E-state index contributed by atoms with van der Waals surface area (Å²) in [5, 5.41) is 7.55. The van der Waals surface area contributed by atoms with E-state index in [-0.39, 0.29) is 42.4 Å². The summed E-state index contributed by atoms with van der Waals surface area (Å²) >= 11 is 0. The van der Waals surface area contributed by atoms with Crippen LogP contribution >= 0.6 is 0 Å². The Morgan fingerprint density at radius 2 is 1.72 bits per heavy atom. The maximum absolute atomic E-state index is 14.6. The van der Waals surface area contributed by atoms with E-state index in [1.54, 1.807) is 0 Å². The predicted molar refractivity (Wildman–Crippen MR) is 246 cm³/mol. The van der Waals surface area contributed by atoms with Crippen LogP contribution in [0.5, 0.6) is 5.75 Å². The minimum Gasteiger partial charge on any atom is -0.488 e. The third-order valence-corrected chi connectivity index (χ3v) is 13.8. The van der Waals surface area contributed by atoms with Gasteiger partial charge in [-0.1, -0.05) is 52.3 Å². The molecule has 3 aromatic carbocycles. The summed E-state index contributed by atoms with van der Waals surface area (Å²) in [6.07, 6.45) is 5.04. The highest BCUT2D eigenvalue weighted by molar-refractivity contribution is 6.07. The van der Waals surface area contributed by atoms with E-state index in [1.165, 1.54) is 14.2 Å². The zero-order valence-corrected chi connectivity index (χ0v) is 38.7. The quantitative estimate of drug-likeness (QED) is 0.0897. The Balaban J connectivity index is 1.04. The number of likely N-dealkylation sites (tertiary alicyclic amines) is 1. The van der Waals surface area contributed by atoms with Crippen LogP contribution in [0.1, 0.15) is 103 Å². The SMILES string of the molecule is CCC[C@H](C)N(Cc1nc2c(ccc3cc4c(cc32)OCc2cc(-c3cnc([C@@H]5CC[C@H](C)N5C(=O)[C@@H](NC(=O)OC)C(C)C)[nH]3)ccc2-4)[nH]1)C(=O)[C@@H](NC(=O)OC)C1(C)CCOCC1. The lowest BCUT2D eigenvalue weighted by atomic mass is 9.75. The number of methoxy groups -OCH3 is 2. The van der Waals surface area contributed by atoms with Gasteiger partial charge in [0.05, 0.1) is 49.7 Å². The highest BCUT2D eigenvalue weighted by atomic mass is 16.5. The van der Waals surface area contributed by atoms with E-state index in [0.717, 1.165) is 81.2 Å². The summed E-state index contributed by atoms with van der Waals surface area (Å²) < 4.78 is 21.9.